The van der Waals surface area contributed by atoms with E-state index in [1.165, 1.54) is 0 Å². The average Bonchev–Trinajstić information content (AvgIpc) is 2.15. The quantitative estimate of drug-likeness (QED) is 0.876. The Morgan fingerprint density at radius 2 is 1.82 bits per heavy atom. The molecule has 0 bridgehead atoms. The Balaban J connectivity index is 3.21. The van der Waals surface area contributed by atoms with Gasteiger partial charge in [-0.05, 0) is 18.9 Å². The molecule has 0 spiro atoms. The molecule has 2 N–H and O–H groups in total. The van der Waals surface area contributed by atoms with Crippen molar-refractivity contribution < 1.29 is 0 Å². The van der Waals surface area contributed by atoms with E-state index in [0.29, 0.717) is 12.5 Å². The van der Waals surface area contributed by atoms with E-state index in [4.69, 9.17) is 10.7 Å². The van der Waals surface area contributed by atoms with Crippen LogP contribution in [0.4, 0.5) is 0 Å². The molecule has 1 unspecified atom stereocenters. The van der Waals surface area contributed by atoms with Gasteiger partial charge in [0.1, 0.15) is 5.82 Å². The number of nitrogens with two attached hydrogens (primary N) is 1. The first kappa shape index (κ1) is 14.1. The highest BCUT2D eigenvalue weighted by molar-refractivity contribution is 5.19. The van der Waals surface area contributed by atoms with E-state index in [1.807, 2.05) is 6.92 Å². The molecule has 1 rings (SSSR count). The maximum atomic E-state index is 5.83. The van der Waals surface area contributed by atoms with Crippen molar-refractivity contribution in [2.75, 3.05) is 6.54 Å². The summed E-state index contributed by atoms with van der Waals surface area (Å²) in [7, 11) is 0. The first-order valence-corrected chi connectivity index (χ1v) is 6.31. The normalized spacial score (nSPS) is 14.1. The summed E-state index contributed by atoms with van der Waals surface area (Å²) in [4.78, 5) is 9.25. The Kier molecular flexibility index (Phi) is 4.26. The summed E-state index contributed by atoms with van der Waals surface area (Å²) in [5, 5.41) is 0. The minimum Gasteiger partial charge on any atom is -0.330 e. The van der Waals surface area contributed by atoms with E-state index in [1.54, 1.807) is 0 Å². The number of aryl methyl sites for hydroxylation is 1. The summed E-state index contributed by atoms with van der Waals surface area (Å²) in [6.45, 7) is 13.5. The van der Waals surface area contributed by atoms with Gasteiger partial charge in [-0.3, -0.25) is 0 Å². The van der Waals surface area contributed by atoms with Crippen LogP contribution in [-0.2, 0) is 5.41 Å². The largest absolute Gasteiger partial charge is 0.330 e. The van der Waals surface area contributed by atoms with Gasteiger partial charge in [0.15, 0.2) is 0 Å². The lowest BCUT2D eigenvalue weighted by Gasteiger charge is -2.23. The molecule has 1 aromatic heterocycles. The molecule has 0 aromatic carbocycles. The van der Waals surface area contributed by atoms with Crippen LogP contribution < -0.4 is 5.73 Å². The molecule has 0 saturated heterocycles. The molecular weight excluding hydrogens is 210 g/mol. The zero-order chi connectivity index (χ0) is 13.2. The third kappa shape index (κ3) is 3.50. The van der Waals surface area contributed by atoms with E-state index in [9.17, 15) is 0 Å². The van der Waals surface area contributed by atoms with Crippen LogP contribution in [0.15, 0.2) is 6.07 Å². The maximum absolute atomic E-state index is 5.83. The molecule has 0 amide bonds. The van der Waals surface area contributed by atoms with E-state index in [0.717, 1.165) is 17.2 Å². The van der Waals surface area contributed by atoms with Gasteiger partial charge in [-0.15, -0.1) is 0 Å². The van der Waals surface area contributed by atoms with Crippen LogP contribution in [-0.4, -0.2) is 16.5 Å². The fourth-order valence-electron chi connectivity index (χ4n) is 1.82. The summed E-state index contributed by atoms with van der Waals surface area (Å²) >= 11 is 0. The van der Waals surface area contributed by atoms with Gasteiger partial charge in [0.2, 0.25) is 0 Å². The molecule has 96 valence electrons. The molecule has 17 heavy (non-hydrogen) atoms. The molecule has 3 heteroatoms. The Morgan fingerprint density at radius 1 is 1.24 bits per heavy atom. The zero-order valence-electron chi connectivity index (χ0n) is 11.9. The lowest BCUT2D eigenvalue weighted by atomic mass is 9.90. The Hall–Kier alpha value is -0.960. The molecule has 3 nitrogen and oxygen atoms in total. The molecule has 1 heterocycles. The summed E-state index contributed by atoms with van der Waals surface area (Å²) in [6, 6.07) is 2.07. The van der Waals surface area contributed by atoms with Crippen LogP contribution in [0.25, 0.3) is 0 Å². The minimum atomic E-state index is 0.0541. The summed E-state index contributed by atoms with van der Waals surface area (Å²) in [5.41, 5.74) is 8.01. The van der Waals surface area contributed by atoms with Crippen LogP contribution in [0.2, 0.25) is 0 Å². The van der Waals surface area contributed by atoms with Crippen molar-refractivity contribution in [1.29, 1.82) is 0 Å². The molecule has 1 atom stereocenters. The fraction of sp³-hybridized carbons (Fsp3) is 0.714. The monoisotopic (exact) mass is 235 g/mol. The molecule has 0 aliphatic carbocycles. The second-order valence-electron chi connectivity index (χ2n) is 6.09. The number of rotatable bonds is 3. The van der Waals surface area contributed by atoms with E-state index >= 15 is 0 Å². The van der Waals surface area contributed by atoms with Crippen molar-refractivity contribution in [3.63, 3.8) is 0 Å². The van der Waals surface area contributed by atoms with Crippen LogP contribution in [0.1, 0.15) is 57.7 Å². The topological polar surface area (TPSA) is 51.8 Å². The third-order valence-electron chi connectivity index (χ3n) is 3.03. The van der Waals surface area contributed by atoms with Crippen molar-refractivity contribution in [2.24, 2.45) is 11.7 Å². The lowest BCUT2D eigenvalue weighted by molar-refractivity contribution is 0.472. The van der Waals surface area contributed by atoms with Gasteiger partial charge in [0, 0.05) is 29.3 Å². The molecular formula is C14H25N3. The molecule has 0 saturated carbocycles. The fourth-order valence-corrected chi connectivity index (χ4v) is 1.82. The maximum Gasteiger partial charge on any atom is 0.133 e. The van der Waals surface area contributed by atoms with Crippen molar-refractivity contribution in [2.45, 2.75) is 52.9 Å². The van der Waals surface area contributed by atoms with Gasteiger partial charge in [0.25, 0.3) is 0 Å². The highest BCUT2D eigenvalue weighted by Crippen LogP contribution is 2.25. The van der Waals surface area contributed by atoms with Crippen LogP contribution in [0, 0.1) is 12.8 Å². The second-order valence-corrected chi connectivity index (χ2v) is 6.09. The minimum absolute atomic E-state index is 0.0541. The average molecular weight is 235 g/mol. The van der Waals surface area contributed by atoms with Gasteiger partial charge in [-0.1, -0.05) is 34.6 Å². The summed E-state index contributed by atoms with van der Waals surface area (Å²) < 4.78 is 0. The summed E-state index contributed by atoms with van der Waals surface area (Å²) in [6.07, 6.45) is 0. The van der Waals surface area contributed by atoms with Gasteiger partial charge in [-0.25, -0.2) is 9.97 Å². The first-order valence-electron chi connectivity index (χ1n) is 6.31. The third-order valence-corrected chi connectivity index (χ3v) is 3.03. The van der Waals surface area contributed by atoms with Crippen LogP contribution in [0.3, 0.4) is 0 Å². The standard InChI is InChI=1S/C14H25N3/c1-9(2)11(8-15)13-16-10(3)7-12(17-13)14(4,5)6/h7,9,11H,8,15H2,1-6H3. The molecule has 0 radical (unpaired) electrons. The van der Waals surface area contributed by atoms with Crippen molar-refractivity contribution in [3.05, 3.63) is 23.3 Å². The zero-order valence-corrected chi connectivity index (χ0v) is 11.9. The van der Waals surface area contributed by atoms with Crippen LogP contribution >= 0.6 is 0 Å². The number of nitrogens with zero attached hydrogens (tertiary/aromatic N) is 2. The summed E-state index contributed by atoms with van der Waals surface area (Å²) in [5.74, 6) is 1.61. The SMILES string of the molecule is Cc1cc(C(C)(C)C)nc(C(CN)C(C)C)n1. The predicted octanol–water partition coefficient (Wildman–Crippen LogP) is 2.78. The van der Waals surface area contributed by atoms with E-state index < -0.39 is 0 Å². The molecule has 0 aliphatic rings. The predicted molar refractivity (Wildman–Crippen MR) is 72.1 cm³/mol. The van der Waals surface area contributed by atoms with Gasteiger partial charge in [0.05, 0.1) is 0 Å². The Bertz CT molecular complexity index is 378. The smallest absolute Gasteiger partial charge is 0.133 e. The highest BCUT2D eigenvalue weighted by Gasteiger charge is 2.22. The molecule has 0 aliphatic heterocycles. The van der Waals surface area contributed by atoms with Gasteiger partial charge in [-0.2, -0.15) is 0 Å². The van der Waals surface area contributed by atoms with Crippen molar-refractivity contribution >= 4 is 0 Å². The van der Waals surface area contributed by atoms with Gasteiger partial charge >= 0.3 is 0 Å². The molecule has 1 aromatic rings. The second kappa shape index (κ2) is 5.13. The number of aromatic nitrogens is 2. The Morgan fingerprint density at radius 3 is 2.24 bits per heavy atom. The number of hydrogen-bond donors (Lipinski definition) is 1. The Labute approximate surface area is 105 Å². The van der Waals surface area contributed by atoms with Crippen molar-refractivity contribution in [1.82, 2.24) is 9.97 Å². The molecule has 0 fully saturated rings. The highest BCUT2D eigenvalue weighted by atomic mass is 14.9. The van der Waals surface area contributed by atoms with E-state index in [-0.39, 0.29) is 11.3 Å². The van der Waals surface area contributed by atoms with E-state index in [2.05, 4.69) is 45.7 Å². The van der Waals surface area contributed by atoms with Gasteiger partial charge < -0.3 is 5.73 Å². The van der Waals surface area contributed by atoms with Crippen molar-refractivity contribution in [3.8, 4) is 0 Å². The lowest BCUT2D eigenvalue weighted by Crippen LogP contribution is -2.23. The first-order chi connectivity index (χ1) is 7.75. The van der Waals surface area contributed by atoms with Crippen LogP contribution in [0.5, 0.6) is 0 Å². The number of hydrogen-bond acceptors (Lipinski definition) is 3.